The molecule has 1 aliphatic heterocycles. The van der Waals surface area contributed by atoms with Crippen molar-refractivity contribution in [2.45, 2.75) is 19.6 Å². The average Bonchev–Trinajstić information content (AvgIpc) is 2.98. The molecule has 100 valence electrons. The lowest BCUT2D eigenvalue weighted by molar-refractivity contribution is 0.191. The zero-order valence-electron chi connectivity index (χ0n) is 10.4. The highest BCUT2D eigenvalue weighted by Crippen LogP contribution is 2.16. The van der Waals surface area contributed by atoms with Gasteiger partial charge < -0.3 is 15.2 Å². The minimum Gasteiger partial charge on any atom is -0.351 e. The molecule has 2 amide bonds. The maximum absolute atomic E-state index is 11.5. The highest BCUT2D eigenvalue weighted by Gasteiger charge is 2.24. The van der Waals surface area contributed by atoms with E-state index < -0.39 is 6.03 Å². The number of hydrogen-bond acceptors (Lipinski definition) is 4. The van der Waals surface area contributed by atoms with Crippen molar-refractivity contribution >= 4 is 6.03 Å². The molecule has 0 saturated heterocycles. The zero-order chi connectivity index (χ0) is 13.2. The van der Waals surface area contributed by atoms with Crippen LogP contribution in [-0.4, -0.2) is 41.8 Å². The SMILES string of the molecule is NC(=O)N1Cc2nccn2C[C@@H](Cn2cncn2)C1. The smallest absolute Gasteiger partial charge is 0.315 e. The van der Waals surface area contributed by atoms with E-state index in [4.69, 9.17) is 5.73 Å². The van der Waals surface area contributed by atoms with Gasteiger partial charge in [0.1, 0.15) is 18.5 Å². The summed E-state index contributed by atoms with van der Waals surface area (Å²) in [4.78, 5) is 21.3. The summed E-state index contributed by atoms with van der Waals surface area (Å²) in [6, 6.07) is -0.417. The van der Waals surface area contributed by atoms with Crippen molar-refractivity contribution in [1.82, 2.24) is 29.2 Å². The molecule has 0 radical (unpaired) electrons. The molecule has 0 spiro atoms. The number of urea groups is 1. The molecule has 1 aliphatic rings. The molecule has 0 bridgehead atoms. The van der Waals surface area contributed by atoms with E-state index in [0.29, 0.717) is 19.6 Å². The Morgan fingerprint density at radius 3 is 3.11 bits per heavy atom. The number of carbonyl (C=O) groups is 1. The first-order valence-electron chi connectivity index (χ1n) is 6.09. The second-order valence-corrected chi connectivity index (χ2v) is 4.70. The molecule has 0 saturated carbocycles. The molecular weight excluding hydrogens is 246 g/mol. The molecule has 1 atom stereocenters. The van der Waals surface area contributed by atoms with Gasteiger partial charge in [0.25, 0.3) is 0 Å². The highest BCUT2D eigenvalue weighted by molar-refractivity contribution is 5.71. The Morgan fingerprint density at radius 2 is 2.37 bits per heavy atom. The zero-order valence-corrected chi connectivity index (χ0v) is 10.4. The van der Waals surface area contributed by atoms with Gasteiger partial charge >= 0.3 is 6.03 Å². The van der Waals surface area contributed by atoms with Crippen LogP contribution in [0.3, 0.4) is 0 Å². The predicted molar refractivity (Wildman–Crippen MR) is 65.7 cm³/mol. The Hall–Kier alpha value is -2.38. The van der Waals surface area contributed by atoms with Crippen LogP contribution in [0, 0.1) is 5.92 Å². The molecule has 0 aromatic carbocycles. The Kier molecular flexibility index (Phi) is 2.90. The van der Waals surface area contributed by atoms with Crippen molar-refractivity contribution in [2.24, 2.45) is 11.7 Å². The molecule has 8 heteroatoms. The van der Waals surface area contributed by atoms with Gasteiger partial charge in [0.2, 0.25) is 0 Å². The molecule has 0 fully saturated rings. The van der Waals surface area contributed by atoms with E-state index in [1.807, 2.05) is 6.20 Å². The van der Waals surface area contributed by atoms with E-state index in [-0.39, 0.29) is 5.92 Å². The summed E-state index contributed by atoms with van der Waals surface area (Å²) in [5, 5.41) is 4.10. The summed E-state index contributed by atoms with van der Waals surface area (Å²) >= 11 is 0. The molecule has 2 aromatic heterocycles. The lowest BCUT2D eigenvalue weighted by atomic mass is 10.1. The van der Waals surface area contributed by atoms with E-state index in [1.165, 1.54) is 6.33 Å². The third-order valence-electron chi connectivity index (χ3n) is 3.29. The van der Waals surface area contributed by atoms with Crippen molar-refractivity contribution < 1.29 is 4.79 Å². The fourth-order valence-corrected chi connectivity index (χ4v) is 2.42. The Bertz CT molecular complexity index is 561. The summed E-state index contributed by atoms with van der Waals surface area (Å²) in [6.07, 6.45) is 6.85. The number of hydrogen-bond donors (Lipinski definition) is 1. The van der Waals surface area contributed by atoms with Crippen molar-refractivity contribution in [2.75, 3.05) is 6.54 Å². The van der Waals surface area contributed by atoms with Gasteiger partial charge in [-0.15, -0.1) is 0 Å². The van der Waals surface area contributed by atoms with Crippen LogP contribution >= 0.6 is 0 Å². The highest BCUT2D eigenvalue weighted by atomic mass is 16.2. The topological polar surface area (TPSA) is 94.9 Å². The van der Waals surface area contributed by atoms with E-state index in [0.717, 1.165) is 12.4 Å². The van der Waals surface area contributed by atoms with Crippen molar-refractivity contribution in [3.63, 3.8) is 0 Å². The fourth-order valence-electron chi connectivity index (χ4n) is 2.42. The number of primary amides is 1. The van der Waals surface area contributed by atoms with Gasteiger partial charge in [0.05, 0.1) is 6.54 Å². The van der Waals surface area contributed by atoms with Crippen molar-refractivity contribution in [3.05, 3.63) is 30.9 Å². The molecule has 2 aromatic rings. The van der Waals surface area contributed by atoms with E-state index in [1.54, 1.807) is 22.1 Å². The van der Waals surface area contributed by atoms with Crippen molar-refractivity contribution in [3.8, 4) is 0 Å². The molecule has 3 heterocycles. The minimum atomic E-state index is -0.417. The lowest BCUT2D eigenvalue weighted by Crippen LogP contribution is -2.38. The van der Waals surface area contributed by atoms with Crippen LogP contribution in [0.1, 0.15) is 5.82 Å². The van der Waals surface area contributed by atoms with Crippen LogP contribution in [0.5, 0.6) is 0 Å². The molecule has 0 unspecified atom stereocenters. The van der Waals surface area contributed by atoms with Gasteiger partial charge in [0.15, 0.2) is 0 Å². The summed E-state index contributed by atoms with van der Waals surface area (Å²) in [6.45, 7) is 2.54. The predicted octanol–water partition coefficient (Wildman–Crippen LogP) is -0.315. The molecular formula is C11H15N7O. The van der Waals surface area contributed by atoms with Gasteiger partial charge in [-0.05, 0) is 0 Å². The molecule has 8 nitrogen and oxygen atoms in total. The lowest BCUT2D eigenvalue weighted by Gasteiger charge is -2.21. The third kappa shape index (κ3) is 2.42. The minimum absolute atomic E-state index is 0.227. The number of carbonyl (C=O) groups excluding carboxylic acids is 1. The first-order valence-corrected chi connectivity index (χ1v) is 6.09. The largest absolute Gasteiger partial charge is 0.351 e. The van der Waals surface area contributed by atoms with Crippen LogP contribution in [-0.2, 0) is 19.6 Å². The monoisotopic (exact) mass is 261 g/mol. The summed E-state index contributed by atoms with van der Waals surface area (Å²) in [5.41, 5.74) is 5.41. The molecule has 19 heavy (non-hydrogen) atoms. The number of amides is 2. The van der Waals surface area contributed by atoms with Gasteiger partial charge in [-0.3, -0.25) is 4.68 Å². The fraction of sp³-hybridized carbons (Fsp3) is 0.455. The van der Waals surface area contributed by atoms with Crippen LogP contribution in [0.2, 0.25) is 0 Å². The number of fused-ring (bicyclic) bond motifs is 1. The molecule has 2 N–H and O–H groups in total. The van der Waals surface area contributed by atoms with Crippen LogP contribution < -0.4 is 5.73 Å². The van der Waals surface area contributed by atoms with Crippen molar-refractivity contribution in [1.29, 1.82) is 0 Å². The number of nitrogens with zero attached hydrogens (tertiary/aromatic N) is 6. The number of nitrogens with two attached hydrogens (primary N) is 1. The first-order chi connectivity index (χ1) is 9.22. The van der Waals surface area contributed by atoms with Crippen LogP contribution in [0.25, 0.3) is 0 Å². The maximum Gasteiger partial charge on any atom is 0.315 e. The molecule has 0 aliphatic carbocycles. The van der Waals surface area contributed by atoms with Gasteiger partial charge in [-0.2, -0.15) is 5.10 Å². The summed E-state index contributed by atoms with van der Waals surface area (Å²) < 4.78 is 3.83. The van der Waals surface area contributed by atoms with E-state index in [9.17, 15) is 4.79 Å². The first kappa shape index (κ1) is 11.7. The number of aromatic nitrogens is 5. The average molecular weight is 261 g/mol. The number of rotatable bonds is 2. The second-order valence-electron chi connectivity index (χ2n) is 4.70. The Morgan fingerprint density at radius 1 is 1.47 bits per heavy atom. The maximum atomic E-state index is 11.5. The van der Waals surface area contributed by atoms with Gasteiger partial charge in [0, 0.05) is 37.9 Å². The molecule has 3 rings (SSSR count). The Labute approximate surface area is 109 Å². The van der Waals surface area contributed by atoms with E-state index >= 15 is 0 Å². The quantitative estimate of drug-likeness (QED) is 0.801. The van der Waals surface area contributed by atoms with Gasteiger partial charge in [-0.25, -0.2) is 14.8 Å². The summed E-state index contributed by atoms with van der Waals surface area (Å²) in [7, 11) is 0. The second kappa shape index (κ2) is 4.71. The van der Waals surface area contributed by atoms with E-state index in [2.05, 4.69) is 19.6 Å². The normalized spacial score (nSPS) is 18.9. The van der Waals surface area contributed by atoms with Gasteiger partial charge in [-0.1, -0.05) is 0 Å². The summed E-state index contributed by atoms with van der Waals surface area (Å²) in [5.74, 6) is 1.09. The third-order valence-corrected chi connectivity index (χ3v) is 3.29. The number of imidazole rings is 1. The Balaban J connectivity index is 1.82. The van der Waals surface area contributed by atoms with Crippen LogP contribution in [0.15, 0.2) is 25.0 Å². The standard InChI is InChI=1S/C11H15N7O/c12-11(19)17-4-9(5-18-8-13-7-15-18)3-16-2-1-14-10(16)6-17/h1-2,7-9H,3-6H2,(H2,12,19)/t9-/m1/s1. The van der Waals surface area contributed by atoms with Crippen LogP contribution in [0.4, 0.5) is 4.79 Å².